The van der Waals surface area contributed by atoms with Gasteiger partial charge in [0.25, 0.3) is 0 Å². The molecular formula is C30H29N5O4S. The topological polar surface area (TPSA) is 104 Å². The Hall–Kier alpha value is -4.31. The number of carbonyl (C=O) groups excluding carboxylic acids is 3. The van der Waals surface area contributed by atoms with E-state index in [1.54, 1.807) is 16.0 Å². The molecule has 4 heterocycles. The molecule has 2 aromatic carbocycles. The summed E-state index contributed by atoms with van der Waals surface area (Å²) < 4.78 is 5.89. The lowest BCUT2D eigenvalue weighted by Crippen LogP contribution is -2.54. The van der Waals surface area contributed by atoms with Crippen molar-refractivity contribution in [3.05, 3.63) is 90.6 Å². The maximum absolute atomic E-state index is 13.4. The predicted octanol–water partition coefficient (Wildman–Crippen LogP) is 4.41. The number of nitrogens with one attached hydrogen (secondary N) is 2. The number of hydrogen-bond acceptors (Lipinski definition) is 6. The molecule has 3 aromatic rings. The van der Waals surface area contributed by atoms with Crippen molar-refractivity contribution in [2.45, 2.75) is 41.7 Å². The lowest BCUT2D eigenvalue weighted by atomic mass is 9.99. The minimum atomic E-state index is -0.547. The summed E-state index contributed by atoms with van der Waals surface area (Å²) in [5, 5.41) is 6.36. The van der Waals surface area contributed by atoms with Crippen molar-refractivity contribution in [2.75, 3.05) is 18.0 Å². The minimum absolute atomic E-state index is 0.131. The Bertz CT molecular complexity index is 1450. The van der Waals surface area contributed by atoms with Gasteiger partial charge in [0.05, 0.1) is 18.3 Å². The molecule has 1 aromatic heterocycles. The van der Waals surface area contributed by atoms with Gasteiger partial charge < -0.3 is 20.3 Å². The van der Waals surface area contributed by atoms with Crippen LogP contribution in [0.2, 0.25) is 0 Å². The maximum atomic E-state index is 13.4. The number of nitrogens with zero attached hydrogens (tertiary/aromatic N) is 3. The normalized spacial score (nSPS) is 21.3. The third-order valence-corrected chi connectivity index (χ3v) is 8.64. The van der Waals surface area contributed by atoms with Crippen LogP contribution in [0.4, 0.5) is 10.5 Å². The maximum Gasteiger partial charge on any atom is 0.322 e. The Labute approximate surface area is 236 Å². The molecule has 10 heteroatoms. The smallest absolute Gasteiger partial charge is 0.322 e. The second-order valence-electron chi connectivity index (χ2n) is 10.00. The summed E-state index contributed by atoms with van der Waals surface area (Å²) in [7, 11) is 0. The Kier molecular flexibility index (Phi) is 7.17. The van der Waals surface area contributed by atoms with Gasteiger partial charge in [0.15, 0.2) is 0 Å². The number of ether oxygens (including phenoxy) is 1. The van der Waals surface area contributed by atoms with Gasteiger partial charge in [-0.2, -0.15) is 0 Å². The van der Waals surface area contributed by atoms with E-state index < -0.39 is 11.3 Å². The van der Waals surface area contributed by atoms with E-state index >= 15 is 0 Å². The van der Waals surface area contributed by atoms with E-state index in [4.69, 9.17) is 4.74 Å². The van der Waals surface area contributed by atoms with E-state index in [0.717, 1.165) is 40.4 Å². The number of anilines is 1. The first kappa shape index (κ1) is 25.9. The first-order chi connectivity index (χ1) is 19.5. The zero-order valence-electron chi connectivity index (χ0n) is 21.8. The second-order valence-corrected chi connectivity index (χ2v) is 11.1. The SMILES string of the molecule is C=CC(=O)N1CCCC(NC(=O)[C@@H]2Sc3nccc4c3C2NC(=O)N4Cc2ccc(Oc3ccccc3)cc2)C1. The molecular weight excluding hydrogens is 526 g/mol. The van der Waals surface area contributed by atoms with E-state index in [0.29, 0.717) is 25.4 Å². The first-order valence-corrected chi connectivity index (χ1v) is 14.2. The van der Waals surface area contributed by atoms with Crippen LogP contribution in [0.1, 0.15) is 30.0 Å². The number of urea groups is 1. The molecule has 0 radical (unpaired) electrons. The highest BCUT2D eigenvalue weighted by Gasteiger charge is 2.46. The molecule has 2 N–H and O–H groups in total. The number of para-hydroxylation sites is 1. The van der Waals surface area contributed by atoms with E-state index in [1.807, 2.05) is 60.7 Å². The van der Waals surface area contributed by atoms with Crippen molar-refractivity contribution in [1.29, 1.82) is 0 Å². The Morgan fingerprint density at radius 2 is 1.90 bits per heavy atom. The van der Waals surface area contributed by atoms with Crippen LogP contribution in [0.15, 0.2) is 84.5 Å². The number of benzene rings is 2. The van der Waals surface area contributed by atoms with Gasteiger partial charge in [0, 0.05) is 30.9 Å². The fraction of sp³-hybridized carbons (Fsp3) is 0.267. The molecule has 3 aliphatic rings. The number of aromatic nitrogens is 1. The summed E-state index contributed by atoms with van der Waals surface area (Å²) in [5.74, 6) is 1.17. The predicted molar refractivity (Wildman–Crippen MR) is 152 cm³/mol. The average Bonchev–Trinajstić information content (AvgIpc) is 3.35. The summed E-state index contributed by atoms with van der Waals surface area (Å²) in [5.41, 5.74) is 2.56. The lowest BCUT2D eigenvalue weighted by molar-refractivity contribution is -0.129. The molecule has 4 amide bonds. The van der Waals surface area contributed by atoms with E-state index in [-0.39, 0.29) is 23.9 Å². The third-order valence-electron chi connectivity index (χ3n) is 7.35. The zero-order valence-corrected chi connectivity index (χ0v) is 22.6. The van der Waals surface area contributed by atoms with E-state index in [2.05, 4.69) is 22.2 Å². The van der Waals surface area contributed by atoms with Crippen molar-refractivity contribution >= 4 is 35.3 Å². The summed E-state index contributed by atoms with van der Waals surface area (Å²) in [6, 6.07) is 18.1. The molecule has 204 valence electrons. The van der Waals surface area contributed by atoms with Crippen molar-refractivity contribution < 1.29 is 19.1 Å². The van der Waals surface area contributed by atoms with Crippen molar-refractivity contribution in [3.8, 4) is 11.5 Å². The number of carbonyl (C=O) groups is 3. The number of pyridine rings is 1. The van der Waals surface area contributed by atoms with Gasteiger partial charge >= 0.3 is 6.03 Å². The van der Waals surface area contributed by atoms with Gasteiger partial charge in [-0.05, 0) is 54.8 Å². The second kappa shape index (κ2) is 11.1. The Morgan fingerprint density at radius 1 is 1.12 bits per heavy atom. The third kappa shape index (κ3) is 5.14. The quantitative estimate of drug-likeness (QED) is 0.419. The van der Waals surface area contributed by atoms with Crippen LogP contribution in [0, 0.1) is 0 Å². The molecule has 0 bridgehead atoms. The summed E-state index contributed by atoms with van der Waals surface area (Å²) in [4.78, 5) is 46.7. The summed E-state index contributed by atoms with van der Waals surface area (Å²) >= 11 is 1.37. The van der Waals surface area contributed by atoms with Crippen molar-refractivity contribution in [1.82, 2.24) is 20.5 Å². The number of amides is 4. The van der Waals surface area contributed by atoms with Crippen LogP contribution in [-0.2, 0) is 16.1 Å². The number of hydrogen-bond donors (Lipinski definition) is 2. The molecule has 9 nitrogen and oxygen atoms in total. The van der Waals surface area contributed by atoms with Gasteiger partial charge in [-0.1, -0.05) is 48.7 Å². The Balaban J connectivity index is 1.15. The van der Waals surface area contributed by atoms with E-state index in [9.17, 15) is 14.4 Å². The highest BCUT2D eigenvalue weighted by Crippen LogP contribution is 2.49. The van der Waals surface area contributed by atoms with Gasteiger partial charge in [-0.25, -0.2) is 9.78 Å². The molecule has 40 heavy (non-hydrogen) atoms. The number of likely N-dealkylation sites (tertiary alicyclic amines) is 1. The number of rotatable bonds is 7. The number of thioether (sulfide) groups is 1. The van der Waals surface area contributed by atoms with Crippen LogP contribution in [0.3, 0.4) is 0 Å². The van der Waals surface area contributed by atoms with Crippen LogP contribution >= 0.6 is 11.8 Å². The van der Waals surface area contributed by atoms with Crippen LogP contribution in [0.25, 0.3) is 0 Å². The summed E-state index contributed by atoms with van der Waals surface area (Å²) in [6.07, 6.45) is 4.58. The molecule has 1 fully saturated rings. The van der Waals surface area contributed by atoms with Crippen LogP contribution in [0.5, 0.6) is 11.5 Å². The van der Waals surface area contributed by atoms with Gasteiger partial charge in [0.1, 0.15) is 21.8 Å². The monoisotopic (exact) mass is 555 g/mol. The molecule has 0 spiro atoms. The van der Waals surface area contributed by atoms with Gasteiger partial charge in [-0.3, -0.25) is 14.5 Å². The van der Waals surface area contributed by atoms with Crippen LogP contribution < -0.4 is 20.3 Å². The average molecular weight is 556 g/mol. The fourth-order valence-electron chi connectivity index (χ4n) is 5.41. The van der Waals surface area contributed by atoms with Gasteiger partial charge in [0.2, 0.25) is 11.8 Å². The minimum Gasteiger partial charge on any atom is -0.457 e. The largest absolute Gasteiger partial charge is 0.457 e. The molecule has 3 aliphatic heterocycles. The molecule has 2 unspecified atom stereocenters. The van der Waals surface area contributed by atoms with Gasteiger partial charge in [-0.15, -0.1) is 0 Å². The number of piperidine rings is 1. The molecule has 3 atom stereocenters. The summed E-state index contributed by atoms with van der Waals surface area (Å²) in [6.45, 7) is 5.03. The van der Waals surface area contributed by atoms with Crippen molar-refractivity contribution in [3.63, 3.8) is 0 Å². The Morgan fingerprint density at radius 3 is 2.67 bits per heavy atom. The lowest BCUT2D eigenvalue weighted by Gasteiger charge is -2.35. The molecule has 1 saturated heterocycles. The fourth-order valence-corrected chi connectivity index (χ4v) is 6.65. The standard InChI is InChI=1S/C30H29N5O4S/c1-2-24(36)34-16-6-7-20(18-34)32-28(37)27-26-25-23(14-15-31-29(25)40-27)35(30(38)33-26)17-19-10-12-22(13-11-19)39-21-8-4-3-5-9-21/h2-5,8-15,20,26-27H,1,6-7,16-18H2,(H,32,37)(H,33,38)/t20?,26?,27-/m1/s1. The molecule has 0 saturated carbocycles. The highest BCUT2D eigenvalue weighted by molar-refractivity contribution is 8.01. The van der Waals surface area contributed by atoms with E-state index in [1.165, 1.54) is 17.8 Å². The van der Waals surface area contributed by atoms with Crippen LogP contribution in [-0.4, -0.2) is 52.1 Å². The molecule has 6 rings (SSSR count). The highest BCUT2D eigenvalue weighted by atomic mass is 32.2. The molecule has 0 aliphatic carbocycles. The van der Waals surface area contributed by atoms with Crippen molar-refractivity contribution in [2.24, 2.45) is 0 Å². The first-order valence-electron chi connectivity index (χ1n) is 13.3. The zero-order chi connectivity index (χ0) is 27.6.